The van der Waals surface area contributed by atoms with Crippen LogP contribution in [-0.2, 0) is 6.54 Å². The lowest BCUT2D eigenvalue weighted by atomic mass is 10.2. The third kappa shape index (κ3) is 4.31. The first kappa shape index (κ1) is 16.4. The van der Waals surface area contributed by atoms with Gasteiger partial charge in [0.2, 0.25) is 0 Å². The van der Waals surface area contributed by atoms with Gasteiger partial charge in [0.05, 0.1) is 6.54 Å². The smallest absolute Gasteiger partial charge is 0.255 e. The fraction of sp³-hybridized carbons (Fsp3) is 0.0588. The number of nitrogens with one attached hydrogen (secondary N) is 2. The van der Waals surface area contributed by atoms with Crippen molar-refractivity contribution in [2.24, 2.45) is 0 Å². The van der Waals surface area contributed by atoms with Crippen LogP contribution < -0.4 is 10.6 Å². The van der Waals surface area contributed by atoms with Gasteiger partial charge in [0, 0.05) is 28.0 Å². The summed E-state index contributed by atoms with van der Waals surface area (Å²) in [5.41, 5.74) is 1.86. The van der Waals surface area contributed by atoms with Gasteiger partial charge < -0.3 is 10.6 Å². The topological polar surface area (TPSA) is 54.0 Å². The molecular formula is C17H13ClFN3OS. The summed E-state index contributed by atoms with van der Waals surface area (Å²) in [5.74, 6) is -0.603. The van der Waals surface area contributed by atoms with E-state index in [2.05, 4.69) is 15.6 Å². The zero-order chi connectivity index (χ0) is 16.9. The lowest BCUT2D eigenvalue weighted by Gasteiger charge is -2.08. The number of hydrogen-bond donors (Lipinski definition) is 2. The number of halogens is 2. The minimum atomic E-state index is -0.345. The molecule has 2 aromatic carbocycles. The molecule has 3 aromatic rings. The molecule has 0 atom stereocenters. The molecule has 4 nitrogen and oxygen atoms in total. The molecule has 0 spiro atoms. The predicted octanol–water partition coefficient (Wildman–Crippen LogP) is 4.80. The van der Waals surface area contributed by atoms with Crippen LogP contribution in [0.5, 0.6) is 0 Å². The summed E-state index contributed by atoms with van der Waals surface area (Å²) in [6, 6.07) is 12.8. The highest BCUT2D eigenvalue weighted by Gasteiger charge is 2.07. The van der Waals surface area contributed by atoms with Gasteiger partial charge >= 0.3 is 0 Å². The van der Waals surface area contributed by atoms with Crippen LogP contribution in [0.1, 0.15) is 15.2 Å². The zero-order valence-corrected chi connectivity index (χ0v) is 14.0. The van der Waals surface area contributed by atoms with Crippen molar-refractivity contribution in [3.8, 4) is 0 Å². The van der Waals surface area contributed by atoms with Crippen molar-refractivity contribution in [1.82, 2.24) is 4.98 Å². The van der Waals surface area contributed by atoms with Gasteiger partial charge in [0.15, 0.2) is 4.47 Å². The summed E-state index contributed by atoms with van der Waals surface area (Å²) in [6.07, 6.45) is 1.71. The Hall–Kier alpha value is -2.44. The fourth-order valence-electron chi connectivity index (χ4n) is 2.06. The van der Waals surface area contributed by atoms with Gasteiger partial charge in [-0.1, -0.05) is 17.7 Å². The molecule has 0 unspecified atom stereocenters. The Balaban J connectivity index is 1.65. The lowest BCUT2D eigenvalue weighted by Crippen LogP contribution is -2.12. The number of carbonyl (C=O) groups is 1. The van der Waals surface area contributed by atoms with Gasteiger partial charge in [-0.3, -0.25) is 4.79 Å². The van der Waals surface area contributed by atoms with Crippen molar-refractivity contribution < 1.29 is 9.18 Å². The molecule has 1 heterocycles. The highest BCUT2D eigenvalue weighted by molar-refractivity contribution is 7.15. The molecule has 0 saturated heterocycles. The zero-order valence-electron chi connectivity index (χ0n) is 12.4. The Labute approximate surface area is 147 Å². The predicted molar refractivity (Wildman–Crippen MR) is 95.2 cm³/mol. The molecule has 0 aliphatic heterocycles. The van der Waals surface area contributed by atoms with Crippen LogP contribution in [0.25, 0.3) is 0 Å². The molecule has 0 fully saturated rings. The van der Waals surface area contributed by atoms with E-state index in [9.17, 15) is 9.18 Å². The first-order valence-corrected chi connectivity index (χ1v) is 8.31. The van der Waals surface area contributed by atoms with Crippen LogP contribution in [-0.4, -0.2) is 10.9 Å². The quantitative estimate of drug-likeness (QED) is 0.686. The highest BCUT2D eigenvalue weighted by Crippen LogP contribution is 2.20. The van der Waals surface area contributed by atoms with E-state index in [0.29, 0.717) is 22.3 Å². The third-order valence-electron chi connectivity index (χ3n) is 3.22. The van der Waals surface area contributed by atoms with Crippen molar-refractivity contribution in [3.05, 3.63) is 75.5 Å². The second-order valence-corrected chi connectivity index (χ2v) is 6.67. The van der Waals surface area contributed by atoms with Gasteiger partial charge in [-0.25, -0.2) is 9.37 Å². The van der Waals surface area contributed by atoms with E-state index in [-0.39, 0.29) is 11.7 Å². The normalized spacial score (nSPS) is 10.4. The lowest BCUT2D eigenvalue weighted by molar-refractivity contribution is 0.102. The Morgan fingerprint density at radius 3 is 2.67 bits per heavy atom. The maximum absolute atomic E-state index is 12.9. The SMILES string of the molecule is O=C(Nc1ccc(F)cc1)c1cccc(NCc2cnc(Cl)s2)c1. The summed E-state index contributed by atoms with van der Waals surface area (Å²) in [5, 5.41) is 5.95. The first-order valence-electron chi connectivity index (χ1n) is 7.11. The largest absolute Gasteiger partial charge is 0.380 e. The first-order chi connectivity index (χ1) is 11.6. The molecule has 0 bridgehead atoms. The van der Waals surface area contributed by atoms with Crippen molar-refractivity contribution >= 4 is 40.2 Å². The van der Waals surface area contributed by atoms with Gasteiger partial charge in [-0.05, 0) is 42.5 Å². The van der Waals surface area contributed by atoms with E-state index < -0.39 is 0 Å². The average Bonchev–Trinajstić information content (AvgIpc) is 3.01. The van der Waals surface area contributed by atoms with Gasteiger partial charge in [0.25, 0.3) is 5.91 Å². The molecular weight excluding hydrogens is 349 g/mol. The molecule has 0 aliphatic rings. The summed E-state index contributed by atoms with van der Waals surface area (Å²) >= 11 is 7.20. The third-order valence-corrected chi connectivity index (χ3v) is 4.33. The number of amides is 1. The molecule has 1 aromatic heterocycles. The average molecular weight is 362 g/mol. The number of benzene rings is 2. The molecule has 24 heavy (non-hydrogen) atoms. The summed E-state index contributed by atoms with van der Waals surface area (Å²) < 4.78 is 13.4. The number of anilines is 2. The Morgan fingerprint density at radius 2 is 1.96 bits per heavy atom. The van der Waals surface area contributed by atoms with Gasteiger partial charge in [0.1, 0.15) is 5.82 Å². The van der Waals surface area contributed by atoms with Crippen molar-refractivity contribution in [1.29, 1.82) is 0 Å². The number of hydrogen-bond acceptors (Lipinski definition) is 4. The van der Waals surface area contributed by atoms with E-state index in [1.165, 1.54) is 35.6 Å². The summed E-state index contributed by atoms with van der Waals surface area (Å²) in [6.45, 7) is 0.577. The Kier molecular flexibility index (Phi) is 5.08. The number of nitrogens with zero attached hydrogens (tertiary/aromatic N) is 1. The molecule has 0 aliphatic carbocycles. The maximum Gasteiger partial charge on any atom is 0.255 e. The van der Waals surface area contributed by atoms with E-state index >= 15 is 0 Å². The molecule has 7 heteroatoms. The Morgan fingerprint density at radius 1 is 1.17 bits per heavy atom. The molecule has 2 N–H and O–H groups in total. The number of thiazole rings is 1. The maximum atomic E-state index is 12.9. The summed E-state index contributed by atoms with van der Waals surface area (Å²) in [4.78, 5) is 17.3. The van der Waals surface area contributed by atoms with Crippen molar-refractivity contribution in [2.45, 2.75) is 6.54 Å². The van der Waals surface area contributed by atoms with Crippen LogP contribution in [0.2, 0.25) is 4.47 Å². The second kappa shape index (κ2) is 7.42. The van der Waals surface area contributed by atoms with Crippen LogP contribution in [0.4, 0.5) is 15.8 Å². The monoisotopic (exact) mass is 361 g/mol. The molecule has 1 amide bonds. The number of rotatable bonds is 5. The molecule has 122 valence electrons. The standard InChI is InChI=1S/C17H13ClFN3OS/c18-17-21-10-15(24-17)9-20-14-3-1-2-11(8-14)16(23)22-13-6-4-12(19)5-7-13/h1-8,10,20H,9H2,(H,22,23). The molecule has 3 rings (SSSR count). The van der Waals surface area contributed by atoms with E-state index in [0.717, 1.165) is 10.6 Å². The second-order valence-electron chi connectivity index (χ2n) is 4.97. The van der Waals surface area contributed by atoms with Gasteiger partial charge in [-0.2, -0.15) is 0 Å². The van der Waals surface area contributed by atoms with Crippen LogP contribution in [0, 0.1) is 5.82 Å². The molecule has 0 radical (unpaired) electrons. The molecule has 0 saturated carbocycles. The van der Waals surface area contributed by atoms with Crippen LogP contribution in [0.3, 0.4) is 0 Å². The van der Waals surface area contributed by atoms with Gasteiger partial charge in [-0.15, -0.1) is 11.3 Å². The number of carbonyl (C=O) groups excluding carboxylic acids is 1. The Bertz CT molecular complexity index is 851. The number of aromatic nitrogens is 1. The van der Waals surface area contributed by atoms with E-state index in [4.69, 9.17) is 11.6 Å². The fourth-order valence-corrected chi connectivity index (χ4v) is 2.98. The minimum Gasteiger partial charge on any atom is -0.380 e. The summed E-state index contributed by atoms with van der Waals surface area (Å²) in [7, 11) is 0. The van der Waals surface area contributed by atoms with E-state index in [1.807, 2.05) is 6.07 Å². The van der Waals surface area contributed by atoms with Crippen molar-refractivity contribution in [2.75, 3.05) is 10.6 Å². The highest BCUT2D eigenvalue weighted by atomic mass is 35.5. The van der Waals surface area contributed by atoms with E-state index in [1.54, 1.807) is 24.4 Å². The van der Waals surface area contributed by atoms with Crippen molar-refractivity contribution in [3.63, 3.8) is 0 Å². The van der Waals surface area contributed by atoms with Crippen LogP contribution in [0.15, 0.2) is 54.7 Å². The van der Waals surface area contributed by atoms with Crippen LogP contribution >= 0.6 is 22.9 Å². The minimum absolute atomic E-state index is 0.258.